The summed E-state index contributed by atoms with van der Waals surface area (Å²) in [5.74, 6) is -1.40. The van der Waals surface area contributed by atoms with Gasteiger partial charge in [-0.2, -0.15) is 0 Å². The average molecular weight is 217 g/mol. The van der Waals surface area contributed by atoms with Crippen LogP contribution in [-0.2, 0) is 9.59 Å². The van der Waals surface area contributed by atoms with E-state index in [9.17, 15) is 9.59 Å². The van der Waals surface area contributed by atoms with Gasteiger partial charge in [-0.1, -0.05) is 0 Å². The van der Waals surface area contributed by atoms with Crippen molar-refractivity contribution in [1.82, 2.24) is 15.3 Å². The molecule has 78 valence electrons. The van der Waals surface area contributed by atoms with Crippen molar-refractivity contribution in [2.45, 2.75) is 12.5 Å². The Bertz CT molecular complexity index is 292. The Morgan fingerprint density at radius 1 is 1.71 bits per heavy atom. The van der Waals surface area contributed by atoms with Crippen molar-refractivity contribution >= 4 is 29.2 Å². The Hall–Kier alpha value is -1.21. The highest BCUT2D eigenvalue weighted by Crippen LogP contribution is 2.13. The van der Waals surface area contributed by atoms with Crippen molar-refractivity contribution in [1.29, 1.82) is 0 Å². The third-order valence-electron chi connectivity index (χ3n) is 1.83. The molecule has 1 atom stereocenters. The fraction of sp³-hybridized carbons (Fsp3) is 0.571. The summed E-state index contributed by atoms with van der Waals surface area (Å²) in [6, 6.07) is -0.741. The van der Waals surface area contributed by atoms with Crippen molar-refractivity contribution < 1.29 is 14.7 Å². The van der Waals surface area contributed by atoms with Crippen molar-refractivity contribution in [3.63, 3.8) is 0 Å². The van der Waals surface area contributed by atoms with Crippen LogP contribution in [0.25, 0.3) is 0 Å². The van der Waals surface area contributed by atoms with Crippen LogP contribution >= 0.6 is 12.2 Å². The molecule has 0 bridgehead atoms. The second kappa shape index (κ2) is 3.89. The molecular weight excluding hydrogens is 206 g/mol. The third-order valence-corrected chi connectivity index (χ3v) is 2.12. The predicted molar refractivity (Wildman–Crippen MR) is 52.3 cm³/mol. The van der Waals surface area contributed by atoms with Crippen LogP contribution in [-0.4, -0.2) is 52.3 Å². The summed E-state index contributed by atoms with van der Waals surface area (Å²) in [7, 11) is 3.39. The van der Waals surface area contributed by atoms with Crippen LogP contribution in [0.15, 0.2) is 0 Å². The van der Waals surface area contributed by atoms with Gasteiger partial charge in [0.15, 0.2) is 5.11 Å². The zero-order chi connectivity index (χ0) is 10.9. The maximum Gasteiger partial charge on any atom is 0.306 e. The summed E-state index contributed by atoms with van der Waals surface area (Å²) < 4.78 is 0. The Kier molecular flexibility index (Phi) is 3.02. The van der Waals surface area contributed by atoms with E-state index in [4.69, 9.17) is 17.3 Å². The number of carboxylic acid groups (broad SMARTS) is 1. The normalized spacial score (nSPS) is 21.6. The standard InChI is InChI=1S/C7H11N3O3S/c1-9(2)10-4(3-5(11)12)6(13)8-7(10)14/h4H,3H2,1-2H3,(H,11,12)(H,8,13,14). The molecule has 6 nitrogen and oxygen atoms in total. The lowest BCUT2D eigenvalue weighted by Gasteiger charge is -2.28. The number of hydrogen-bond acceptors (Lipinski definition) is 4. The van der Waals surface area contributed by atoms with Crippen molar-refractivity contribution in [2.75, 3.05) is 14.1 Å². The van der Waals surface area contributed by atoms with E-state index in [2.05, 4.69) is 5.32 Å². The molecule has 1 unspecified atom stereocenters. The van der Waals surface area contributed by atoms with Crippen molar-refractivity contribution in [3.05, 3.63) is 0 Å². The molecule has 1 amide bonds. The van der Waals surface area contributed by atoms with Crippen LogP contribution < -0.4 is 5.32 Å². The minimum absolute atomic E-state index is 0.242. The maximum absolute atomic E-state index is 11.3. The van der Waals surface area contributed by atoms with E-state index in [1.807, 2.05) is 0 Å². The van der Waals surface area contributed by atoms with Gasteiger partial charge in [0.05, 0.1) is 6.42 Å². The predicted octanol–water partition coefficient (Wildman–Crippen LogP) is -0.977. The van der Waals surface area contributed by atoms with Gasteiger partial charge in [-0.25, -0.2) is 5.01 Å². The molecule has 0 aromatic heterocycles. The van der Waals surface area contributed by atoms with E-state index in [1.54, 1.807) is 19.1 Å². The highest BCUT2D eigenvalue weighted by atomic mass is 32.1. The van der Waals surface area contributed by atoms with Gasteiger partial charge in [0.2, 0.25) is 0 Å². The van der Waals surface area contributed by atoms with Crippen LogP contribution in [0, 0.1) is 0 Å². The fourth-order valence-electron chi connectivity index (χ4n) is 1.30. The second-order valence-electron chi connectivity index (χ2n) is 3.10. The third kappa shape index (κ3) is 1.99. The number of hydrogen-bond donors (Lipinski definition) is 2. The number of carbonyl (C=O) groups is 2. The van der Waals surface area contributed by atoms with Gasteiger partial charge in [0, 0.05) is 14.1 Å². The van der Waals surface area contributed by atoms with Gasteiger partial charge < -0.3 is 10.4 Å². The lowest BCUT2D eigenvalue weighted by molar-refractivity contribution is -0.141. The van der Waals surface area contributed by atoms with Crippen molar-refractivity contribution in [3.8, 4) is 0 Å². The second-order valence-corrected chi connectivity index (χ2v) is 3.49. The van der Waals surface area contributed by atoms with E-state index in [-0.39, 0.29) is 17.4 Å². The van der Waals surface area contributed by atoms with Gasteiger partial charge in [-0.15, -0.1) is 0 Å². The minimum atomic E-state index is -1.03. The maximum atomic E-state index is 11.3. The zero-order valence-electron chi connectivity index (χ0n) is 7.85. The molecule has 0 radical (unpaired) electrons. The zero-order valence-corrected chi connectivity index (χ0v) is 8.67. The number of nitrogens with one attached hydrogen (secondary N) is 1. The SMILES string of the molecule is CN(C)N1C(=S)NC(=O)C1CC(=O)O. The number of aliphatic carboxylic acids is 1. The quantitative estimate of drug-likeness (QED) is 0.592. The smallest absolute Gasteiger partial charge is 0.306 e. The number of amides is 1. The van der Waals surface area contributed by atoms with Gasteiger partial charge in [0.25, 0.3) is 5.91 Å². The number of nitrogens with zero attached hydrogens (tertiary/aromatic N) is 2. The molecule has 1 fully saturated rings. The van der Waals surface area contributed by atoms with Crippen molar-refractivity contribution in [2.24, 2.45) is 0 Å². The molecule has 0 aromatic carbocycles. The van der Waals surface area contributed by atoms with Gasteiger partial charge in [-0.3, -0.25) is 14.6 Å². The molecule has 1 saturated heterocycles. The molecule has 1 heterocycles. The molecule has 7 heteroatoms. The molecule has 14 heavy (non-hydrogen) atoms. The van der Waals surface area contributed by atoms with Crippen LogP contribution in [0.4, 0.5) is 0 Å². The number of carboxylic acids is 1. The summed E-state index contributed by atoms with van der Waals surface area (Å²) in [4.78, 5) is 21.8. The van der Waals surface area contributed by atoms with Crippen LogP contribution in [0.2, 0.25) is 0 Å². The van der Waals surface area contributed by atoms with E-state index in [1.165, 1.54) is 5.01 Å². The van der Waals surface area contributed by atoms with Crippen LogP contribution in [0.3, 0.4) is 0 Å². The minimum Gasteiger partial charge on any atom is -0.481 e. The van der Waals surface area contributed by atoms with E-state index >= 15 is 0 Å². The van der Waals surface area contributed by atoms with Crippen LogP contribution in [0.1, 0.15) is 6.42 Å². The van der Waals surface area contributed by atoms with Crippen LogP contribution in [0.5, 0.6) is 0 Å². The summed E-state index contributed by atoms with van der Waals surface area (Å²) >= 11 is 4.88. The molecule has 0 aromatic rings. The molecule has 1 aliphatic heterocycles. The molecule has 1 rings (SSSR count). The Labute approximate surface area is 86.4 Å². The summed E-state index contributed by atoms with van der Waals surface area (Å²) in [5, 5.41) is 14.3. The van der Waals surface area contributed by atoms with Gasteiger partial charge >= 0.3 is 5.97 Å². The molecule has 1 aliphatic rings. The first-order valence-electron chi connectivity index (χ1n) is 3.96. The Morgan fingerprint density at radius 2 is 2.29 bits per heavy atom. The highest BCUT2D eigenvalue weighted by molar-refractivity contribution is 7.80. The molecule has 0 spiro atoms. The summed E-state index contributed by atoms with van der Waals surface area (Å²) in [5.41, 5.74) is 0. The van der Waals surface area contributed by atoms with Gasteiger partial charge in [-0.05, 0) is 12.2 Å². The number of hydrazine groups is 1. The monoisotopic (exact) mass is 217 g/mol. The average Bonchev–Trinajstić information content (AvgIpc) is 2.25. The largest absolute Gasteiger partial charge is 0.481 e. The first-order chi connectivity index (χ1) is 6.43. The molecular formula is C7H11N3O3S. The first kappa shape index (κ1) is 10.9. The fourth-order valence-corrected chi connectivity index (χ4v) is 1.69. The lowest BCUT2D eigenvalue weighted by Crippen LogP contribution is -2.45. The lowest BCUT2D eigenvalue weighted by atomic mass is 10.2. The highest BCUT2D eigenvalue weighted by Gasteiger charge is 2.38. The molecule has 0 saturated carbocycles. The Balaban J connectivity index is 2.83. The van der Waals surface area contributed by atoms with E-state index in [0.717, 1.165) is 0 Å². The topological polar surface area (TPSA) is 72.9 Å². The summed E-state index contributed by atoms with van der Waals surface area (Å²) in [6.45, 7) is 0. The summed E-state index contributed by atoms with van der Waals surface area (Å²) in [6.07, 6.45) is -0.260. The first-order valence-corrected chi connectivity index (χ1v) is 4.37. The number of thiocarbonyl (C=S) groups is 1. The van der Waals surface area contributed by atoms with E-state index in [0.29, 0.717) is 0 Å². The van der Waals surface area contributed by atoms with E-state index < -0.39 is 12.0 Å². The molecule has 0 aliphatic carbocycles. The number of rotatable bonds is 3. The number of carbonyl (C=O) groups excluding carboxylic acids is 1. The Morgan fingerprint density at radius 3 is 2.71 bits per heavy atom. The molecule has 2 N–H and O–H groups in total. The van der Waals surface area contributed by atoms with Gasteiger partial charge in [0.1, 0.15) is 6.04 Å².